The van der Waals surface area contributed by atoms with E-state index >= 15 is 0 Å². The van der Waals surface area contributed by atoms with Crippen LogP contribution in [0, 0.1) is 0 Å². The van der Waals surface area contributed by atoms with Crippen LogP contribution in [0.2, 0.25) is 0 Å². The summed E-state index contributed by atoms with van der Waals surface area (Å²) in [5.41, 5.74) is 7.54. The van der Waals surface area contributed by atoms with E-state index < -0.39 is 5.41 Å². The summed E-state index contributed by atoms with van der Waals surface area (Å²) in [7, 11) is 0. The molecule has 3 rings (SSSR count). The van der Waals surface area contributed by atoms with Gasteiger partial charge in [0.25, 0.3) is 0 Å². The second kappa shape index (κ2) is 3.87. The van der Waals surface area contributed by atoms with Crippen molar-refractivity contribution in [2.75, 3.05) is 11.1 Å². The lowest BCUT2D eigenvalue weighted by atomic mass is 9.95. The van der Waals surface area contributed by atoms with Crippen LogP contribution in [0.3, 0.4) is 0 Å². The Kier molecular flexibility index (Phi) is 2.33. The van der Waals surface area contributed by atoms with Crippen molar-refractivity contribution in [2.24, 2.45) is 0 Å². The van der Waals surface area contributed by atoms with Gasteiger partial charge in [0.05, 0.1) is 11.6 Å². The average Bonchev–Trinajstić information content (AvgIpc) is 3.03. The van der Waals surface area contributed by atoms with Gasteiger partial charge in [0.1, 0.15) is 12.0 Å². The van der Waals surface area contributed by atoms with Crippen molar-refractivity contribution < 1.29 is 9.32 Å². The summed E-state index contributed by atoms with van der Waals surface area (Å²) in [5.74, 6) is -0.0181. The zero-order valence-electron chi connectivity index (χ0n) is 9.72. The molecule has 0 unspecified atom stereocenters. The van der Waals surface area contributed by atoms with E-state index in [2.05, 4.69) is 15.0 Å². The van der Waals surface area contributed by atoms with Crippen molar-refractivity contribution in [2.45, 2.75) is 18.3 Å². The number of anilines is 2. The molecule has 1 aliphatic carbocycles. The number of carbonyl (C=O) groups is 1. The molecule has 0 aliphatic heterocycles. The highest BCUT2D eigenvalue weighted by molar-refractivity contribution is 6.01. The van der Waals surface area contributed by atoms with Gasteiger partial charge in [-0.1, -0.05) is 17.3 Å². The van der Waals surface area contributed by atoms with Gasteiger partial charge in [-0.15, -0.1) is 0 Å². The minimum atomic E-state index is -0.412. The summed E-state index contributed by atoms with van der Waals surface area (Å²) < 4.78 is 4.69. The van der Waals surface area contributed by atoms with Crippen LogP contribution in [-0.2, 0) is 10.2 Å². The van der Waals surface area contributed by atoms with Gasteiger partial charge in [0, 0.05) is 5.69 Å². The van der Waals surface area contributed by atoms with Crippen molar-refractivity contribution in [1.29, 1.82) is 0 Å². The molecule has 18 heavy (non-hydrogen) atoms. The number of nitrogens with one attached hydrogen (secondary N) is 1. The molecule has 3 N–H and O–H groups in total. The molecule has 2 aromatic rings. The highest BCUT2D eigenvalue weighted by Gasteiger charge is 2.51. The smallest absolute Gasteiger partial charge is 0.235 e. The molecule has 1 aromatic carbocycles. The zero-order valence-corrected chi connectivity index (χ0v) is 9.72. The quantitative estimate of drug-likeness (QED) is 0.807. The first-order chi connectivity index (χ1) is 8.71. The van der Waals surface area contributed by atoms with E-state index in [1.165, 1.54) is 12.5 Å². The highest BCUT2D eigenvalue weighted by atomic mass is 16.5. The second-order valence-electron chi connectivity index (χ2n) is 4.57. The molecule has 5 heteroatoms. The van der Waals surface area contributed by atoms with E-state index in [4.69, 9.17) is 5.73 Å². The summed E-state index contributed by atoms with van der Waals surface area (Å²) in [4.78, 5) is 12.3. The van der Waals surface area contributed by atoms with Crippen molar-refractivity contribution >= 4 is 17.3 Å². The molecule has 1 fully saturated rings. The van der Waals surface area contributed by atoms with Crippen LogP contribution in [0.5, 0.6) is 0 Å². The lowest BCUT2D eigenvalue weighted by molar-refractivity contribution is -0.118. The number of nitrogen functional groups attached to an aromatic ring is 1. The lowest BCUT2D eigenvalue weighted by Crippen LogP contribution is -2.27. The third-order valence-electron chi connectivity index (χ3n) is 3.34. The average molecular weight is 243 g/mol. The minimum absolute atomic E-state index is 0.0181. The maximum absolute atomic E-state index is 12.3. The number of nitrogens with two attached hydrogens (primary N) is 1. The molecule has 0 saturated heterocycles. The predicted molar refractivity (Wildman–Crippen MR) is 66.9 cm³/mol. The fourth-order valence-electron chi connectivity index (χ4n) is 2.09. The van der Waals surface area contributed by atoms with E-state index in [1.807, 2.05) is 24.3 Å². The lowest BCUT2D eigenvalue weighted by Gasteiger charge is -2.14. The van der Waals surface area contributed by atoms with Gasteiger partial charge in [-0.25, -0.2) is 0 Å². The first-order valence-electron chi connectivity index (χ1n) is 5.78. The molecule has 1 aliphatic rings. The number of aromatic nitrogens is 1. The van der Waals surface area contributed by atoms with Gasteiger partial charge < -0.3 is 15.6 Å². The molecule has 1 saturated carbocycles. The van der Waals surface area contributed by atoms with E-state index in [-0.39, 0.29) is 5.91 Å². The van der Waals surface area contributed by atoms with Crippen molar-refractivity contribution in [3.05, 3.63) is 42.3 Å². The van der Waals surface area contributed by atoms with Gasteiger partial charge >= 0.3 is 0 Å². The number of hydrogen-bond acceptors (Lipinski definition) is 4. The molecule has 0 radical (unpaired) electrons. The van der Waals surface area contributed by atoms with Crippen LogP contribution in [0.15, 0.2) is 41.2 Å². The van der Waals surface area contributed by atoms with E-state index in [9.17, 15) is 4.79 Å². The number of nitrogens with zero attached hydrogens (tertiary/aromatic N) is 1. The Bertz CT molecular complexity index is 556. The fourth-order valence-corrected chi connectivity index (χ4v) is 2.09. The molecule has 1 amide bonds. The monoisotopic (exact) mass is 243 g/mol. The molecule has 1 aromatic heterocycles. The molecule has 0 atom stereocenters. The van der Waals surface area contributed by atoms with Crippen molar-refractivity contribution in [1.82, 2.24) is 5.16 Å². The number of carbonyl (C=O) groups excluding carboxylic acids is 1. The van der Waals surface area contributed by atoms with Gasteiger partial charge in [0.15, 0.2) is 0 Å². The van der Waals surface area contributed by atoms with E-state index in [0.717, 1.165) is 18.4 Å². The highest BCUT2D eigenvalue weighted by Crippen LogP contribution is 2.49. The topological polar surface area (TPSA) is 81.2 Å². The molecular formula is C13H13N3O2. The zero-order chi connectivity index (χ0) is 12.6. The molecular weight excluding hydrogens is 230 g/mol. The summed E-state index contributed by atoms with van der Waals surface area (Å²) >= 11 is 0. The van der Waals surface area contributed by atoms with E-state index in [0.29, 0.717) is 11.4 Å². The Morgan fingerprint density at radius 2 is 2.06 bits per heavy atom. The Labute approximate surface area is 104 Å². The number of rotatable bonds is 3. The standard InChI is InChI=1S/C13H13N3O2/c14-10-3-1-9(2-4-10)13(5-6-13)12(17)16-11-7-15-18-8-11/h1-4,7-8H,5-6,14H2,(H,16,17). The number of hydrogen-bond donors (Lipinski definition) is 2. The van der Waals surface area contributed by atoms with E-state index in [1.54, 1.807) is 0 Å². The molecule has 1 heterocycles. The van der Waals surface area contributed by atoms with Crippen LogP contribution in [0.25, 0.3) is 0 Å². The Morgan fingerprint density at radius 3 is 2.61 bits per heavy atom. The van der Waals surface area contributed by atoms with Crippen LogP contribution in [-0.4, -0.2) is 11.1 Å². The second-order valence-corrected chi connectivity index (χ2v) is 4.57. The molecule has 5 nitrogen and oxygen atoms in total. The van der Waals surface area contributed by atoms with Crippen LogP contribution >= 0.6 is 0 Å². The maximum Gasteiger partial charge on any atom is 0.235 e. The predicted octanol–water partition coefficient (Wildman–Crippen LogP) is 1.93. The molecule has 0 spiro atoms. The van der Waals surface area contributed by atoms with Crippen LogP contribution in [0.1, 0.15) is 18.4 Å². The molecule has 0 bridgehead atoms. The van der Waals surface area contributed by atoms with Gasteiger partial charge in [-0.05, 0) is 30.5 Å². The summed E-state index contributed by atoms with van der Waals surface area (Å²) in [6.07, 6.45) is 4.61. The van der Waals surface area contributed by atoms with Crippen molar-refractivity contribution in [3.63, 3.8) is 0 Å². The van der Waals surface area contributed by atoms with Crippen LogP contribution < -0.4 is 11.1 Å². The molecule has 92 valence electrons. The van der Waals surface area contributed by atoms with Crippen molar-refractivity contribution in [3.8, 4) is 0 Å². The van der Waals surface area contributed by atoms with Crippen LogP contribution in [0.4, 0.5) is 11.4 Å². The summed E-state index contributed by atoms with van der Waals surface area (Å²) in [6.45, 7) is 0. The first kappa shape index (κ1) is 10.8. The summed E-state index contributed by atoms with van der Waals surface area (Å²) in [6, 6.07) is 7.47. The largest absolute Gasteiger partial charge is 0.399 e. The Morgan fingerprint density at radius 1 is 1.33 bits per heavy atom. The van der Waals surface area contributed by atoms with Gasteiger partial charge in [-0.3, -0.25) is 4.79 Å². The first-order valence-corrected chi connectivity index (χ1v) is 5.78. The fraction of sp³-hybridized carbons (Fsp3) is 0.231. The third-order valence-corrected chi connectivity index (χ3v) is 3.34. The Hall–Kier alpha value is -2.30. The Balaban J connectivity index is 1.82. The maximum atomic E-state index is 12.3. The normalized spacial score (nSPS) is 16.2. The minimum Gasteiger partial charge on any atom is -0.399 e. The van der Waals surface area contributed by atoms with Gasteiger partial charge in [-0.2, -0.15) is 0 Å². The SMILES string of the molecule is Nc1ccc(C2(C(=O)Nc3cnoc3)CC2)cc1. The third kappa shape index (κ3) is 1.73. The van der Waals surface area contributed by atoms with Gasteiger partial charge in [0.2, 0.25) is 5.91 Å². The number of benzene rings is 1. The summed E-state index contributed by atoms with van der Waals surface area (Å²) in [5, 5.41) is 6.37. The number of amides is 1.